The van der Waals surface area contributed by atoms with Gasteiger partial charge in [-0.25, -0.2) is 4.98 Å². The minimum atomic E-state index is -0.386. The van der Waals surface area contributed by atoms with Crippen molar-refractivity contribution in [2.24, 2.45) is 0 Å². The Morgan fingerprint density at radius 1 is 1.35 bits per heavy atom. The van der Waals surface area contributed by atoms with Crippen LogP contribution in [0.5, 0.6) is 0 Å². The molecule has 1 aliphatic rings. The molecule has 110 valence electrons. The normalized spacial score (nSPS) is 20.8. The minimum absolute atomic E-state index is 0.108. The van der Waals surface area contributed by atoms with Crippen LogP contribution in [0.3, 0.4) is 0 Å². The summed E-state index contributed by atoms with van der Waals surface area (Å²) in [4.78, 5) is 18.3. The largest absolute Gasteiger partial charge is 0.382 e. The van der Waals surface area contributed by atoms with E-state index in [1.54, 1.807) is 11.0 Å². The number of anilines is 1. The van der Waals surface area contributed by atoms with Crippen LogP contribution in [-0.2, 0) is 4.74 Å². The molecular formula is C14H20ClN3O2. The number of rotatable bonds is 1. The molecule has 2 heterocycles. The lowest BCUT2D eigenvalue weighted by Crippen LogP contribution is -2.58. The number of amides is 1. The number of carbonyl (C=O) groups excluding carboxylic acids is 1. The Hall–Kier alpha value is -1.33. The average Bonchev–Trinajstić information content (AvgIpc) is 2.27. The van der Waals surface area contributed by atoms with Crippen LogP contribution >= 0.6 is 11.6 Å². The van der Waals surface area contributed by atoms with E-state index in [0.717, 1.165) is 0 Å². The van der Waals surface area contributed by atoms with Gasteiger partial charge in [-0.2, -0.15) is 0 Å². The second kappa shape index (κ2) is 4.90. The van der Waals surface area contributed by atoms with Crippen LogP contribution in [0.4, 0.5) is 5.82 Å². The summed E-state index contributed by atoms with van der Waals surface area (Å²) in [5.74, 6) is 0.120. The van der Waals surface area contributed by atoms with Crippen LogP contribution in [0.1, 0.15) is 38.1 Å². The molecule has 2 N–H and O–H groups in total. The summed E-state index contributed by atoms with van der Waals surface area (Å²) in [6.45, 7) is 8.95. The summed E-state index contributed by atoms with van der Waals surface area (Å²) in [5.41, 5.74) is 5.23. The van der Waals surface area contributed by atoms with Crippen LogP contribution in [0.2, 0.25) is 5.02 Å². The van der Waals surface area contributed by atoms with E-state index in [0.29, 0.717) is 23.7 Å². The SMILES string of the molecule is CC1(C)CN(C(=O)c2cnc(N)c(Cl)c2)CC(C)(C)O1. The van der Waals surface area contributed by atoms with Crippen LogP contribution in [-0.4, -0.2) is 40.1 Å². The first-order valence-corrected chi connectivity index (χ1v) is 6.88. The first-order chi connectivity index (χ1) is 9.10. The molecule has 1 amide bonds. The topological polar surface area (TPSA) is 68.5 Å². The monoisotopic (exact) mass is 297 g/mol. The molecule has 0 saturated carbocycles. The number of ether oxygens (including phenoxy) is 1. The lowest BCUT2D eigenvalue weighted by Gasteiger charge is -2.47. The Balaban J connectivity index is 2.26. The Labute approximate surface area is 124 Å². The zero-order valence-electron chi connectivity index (χ0n) is 12.2. The first kappa shape index (κ1) is 15.1. The van der Waals surface area contributed by atoms with Crippen molar-refractivity contribution < 1.29 is 9.53 Å². The molecule has 1 saturated heterocycles. The van der Waals surface area contributed by atoms with Crippen LogP contribution in [0.15, 0.2) is 12.3 Å². The molecule has 20 heavy (non-hydrogen) atoms. The molecule has 6 heteroatoms. The van der Waals surface area contributed by atoms with Crippen molar-refractivity contribution in [3.05, 3.63) is 22.8 Å². The predicted molar refractivity (Wildman–Crippen MR) is 78.8 cm³/mol. The van der Waals surface area contributed by atoms with Crippen LogP contribution < -0.4 is 5.73 Å². The predicted octanol–water partition coefficient (Wildman–Crippen LogP) is 2.35. The summed E-state index contributed by atoms with van der Waals surface area (Å²) < 4.78 is 5.96. The second-order valence-corrected chi connectivity index (χ2v) is 6.78. The molecule has 0 spiro atoms. The van der Waals surface area contributed by atoms with E-state index >= 15 is 0 Å². The zero-order chi connectivity index (χ0) is 15.1. The van der Waals surface area contributed by atoms with Crippen LogP contribution in [0.25, 0.3) is 0 Å². The molecule has 0 unspecified atom stereocenters. The number of nitrogens with zero attached hydrogens (tertiary/aromatic N) is 2. The van der Waals surface area contributed by atoms with Gasteiger partial charge in [0.25, 0.3) is 5.91 Å². The molecule has 0 aromatic carbocycles. The smallest absolute Gasteiger partial charge is 0.255 e. The number of pyridine rings is 1. The fourth-order valence-electron chi connectivity index (χ4n) is 2.68. The highest BCUT2D eigenvalue weighted by molar-refractivity contribution is 6.33. The van der Waals surface area contributed by atoms with Gasteiger partial charge in [0.05, 0.1) is 21.8 Å². The van der Waals surface area contributed by atoms with E-state index in [1.165, 1.54) is 6.20 Å². The summed E-state index contributed by atoms with van der Waals surface area (Å²) >= 11 is 5.93. The number of carbonyl (C=O) groups is 1. The van der Waals surface area contributed by atoms with E-state index < -0.39 is 0 Å². The van der Waals surface area contributed by atoms with E-state index in [2.05, 4.69) is 4.98 Å². The molecule has 0 bridgehead atoms. The van der Waals surface area contributed by atoms with Gasteiger partial charge in [0.2, 0.25) is 0 Å². The summed E-state index contributed by atoms with van der Waals surface area (Å²) in [7, 11) is 0. The van der Waals surface area contributed by atoms with Gasteiger partial charge < -0.3 is 15.4 Å². The van der Waals surface area contributed by atoms with Crippen molar-refractivity contribution in [3.8, 4) is 0 Å². The lowest BCUT2D eigenvalue weighted by atomic mass is 9.98. The number of aromatic nitrogens is 1. The fourth-order valence-corrected chi connectivity index (χ4v) is 2.85. The van der Waals surface area contributed by atoms with Crippen molar-refractivity contribution in [3.63, 3.8) is 0 Å². The molecule has 0 aliphatic carbocycles. The molecular weight excluding hydrogens is 278 g/mol. The number of halogens is 1. The van der Waals surface area contributed by atoms with Gasteiger partial charge in [-0.15, -0.1) is 0 Å². The van der Waals surface area contributed by atoms with Gasteiger partial charge in [0, 0.05) is 19.3 Å². The molecule has 5 nitrogen and oxygen atoms in total. The van der Waals surface area contributed by atoms with Crippen LogP contribution in [0, 0.1) is 0 Å². The number of nitrogens with two attached hydrogens (primary N) is 1. The van der Waals surface area contributed by atoms with Crippen molar-refractivity contribution in [2.45, 2.75) is 38.9 Å². The van der Waals surface area contributed by atoms with Crippen molar-refractivity contribution in [1.29, 1.82) is 0 Å². The van der Waals surface area contributed by atoms with E-state index in [1.807, 2.05) is 27.7 Å². The lowest BCUT2D eigenvalue weighted by molar-refractivity contribution is -0.171. The van der Waals surface area contributed by atoms with E-state index in [-0.39, 0.29) is 22.9 Å². The van der Waals surface area contributed by atoms with Gasteiger partial charge in [0.1, 0.15) is 5.82 Å². The van der Waals surface area contributed by atoms with Gasteiger partial charge in [-0.3, -0.25) is 4.79 Å². The summed E-state index contributed by atoms with van der Waals surface area (Å²) in [6, 6.07) is 1.56. The third kappa shape index (κ3) is 3.22. The maximum absolute atomic E-state index is 12.6. The highest BCUT2D eigenvalue weighted by Crippen LogP contribution is 2.29. The average molecular weight is 298 g/mol. The van der Waals surface area contributed by atoms with E-state index in [4.69, 9.17) is 22.1 Å². The van der Waals surface area contributed by atoms with Gasteiger partial charge in [-0.05, 0) is 33.8 Å². The number of nitrogen functional groups attached to an aromatic ring is 1. The standard InChI is InChI=1S/C14H20ClN3O2/c1-13(2)7-18(8-14(3,4)20-13)12(19)9-5-10(15)11(16)17-6-9/h5-6H,7-8H2,1-4H3,(H2,16,17). The quantitative estimate of drug-likeness (QED) is 0.864. The molecule has 1 aromatic heterocycles. The fraction of sp³-hybridized carbons (Fsp3) is 0.571. The summed E-state index contributed by atoms with van der Waals surface area (Å²) in [6.07, 6.45) is 1.46. The second-order valence-electron chi connectivity index (χ2n) is 6.37. The molecule has 1 aromatic rings. The third-order valence-electron chi connectivity index (χ3n) is 3.10. The Kier molecular flexibility index (Phi) is 3.69. The molecule has 1 aliphatic heterocycles. The van der Waals surface area contributed by atoms with Gasteiger partial charge in [0.15, 0.2) is 0 Å². The summed E-state index contributed by atoms with van der Waals surface area (Å²) in [5, 5.41) is 0.294. The van der Waals surface area contributed by atoms with Gasteiger partial charge >= 0.3 is 0 Å². The molecule has 0 radical (unpaired) electrons. The zero-order valence-corrected chi connectivity index (χ0v) is 13.0. The maximum Gasteiger partial charge on any atom is 0.255 e. The van der Waals surface area contributed by atoms with Crippen molar-refractivity contribution >= 4 is 23.3 Å². The molecule has 2 rings (SSSR count). The van der Waals surface area contributed by atoms with Gasteiger partial charge in [-0.1, -0.05) is 11.6 Å². The number of morpholine rings is 1. The van der Waals surface area contributed by atoms with E-state index in [9.17, 15) is 4.79 Å². The van der Waals surface area contributed by atoms with Crippen molar-refractivity contribution in [2.75, 3.05) is 18.8 Å². The first-order valence-electron chi connectivity index (χ1n) is 6.50. The minimum Gasteiger partial charge on any atom is -0.382 e. The highest BCUT2D eigenvalue weighted by Gasteiger charge is 2.40. The molecule has 1 fully saturated rings. The van der Waals surface area contributed by atoms with Crippen molar-refractivity contribution in [1.82, 2.24) is 9.88 Å². The number of hydrogen-bond acceptors (Lipinski definition) is 4. The maximum atomic E-state index is 12.6. The third-order valence-corrected chi connectivity index (χ3v) is 3.40. The number of hydrogen-bond donors (Lipinski definition) is 1. The Bertz CT molecular complexity index is 527. The molecule has 0 atom stereocenters. The Morgan fingerprint density at radius 2 is 1.90 bits per heavy atom. The highest BCUT2D eigenvalue weighted by atomic mass is 35.5. The Morgan fingerprint density at radius 3 is 2.40 bits per heavy atom.